The van der Waals surface area contributed by atoms with E-state index in [1.54, 1.807) is 0 Å². The summed E-state index contributed by atoms with van der Waals surface area (Å²) in [5.41, 5.74) is -0.660. The lowest BCUT2D eigenvalue weighted by Gasteiger charge is -2.30. The van der Waals surface area contributed by atoms with Crippen molar-refractivity contribution in [1.82, 2.24) is 4.57 Å². The molecule has 3 rings (SSSR count). The maximum atomic E-state index is 13.4. The second-order valence-corrected chi connectivity index (χ2v) is 4.57. The number of ether oxygens (including phenoxy) is 2. The highest BCUT2D eigenvalue weighted by atomic mass is 19.2. The van der Waals surface area contributed by atoms with Crippen LogP contribution in [0.15, 0.2) is 23.1 Å². The Bertz CT molecular complexity index is 797. The smallest absolute Gasteiger partial charge is 0.449 e. The van der Waals surface area contributed by atoms with Crippen molar-refractivity contribution in [2.45, 2.75) is 6.04 Å². The first kappa shape index (κ1) is 13.5. The number of carboxylic acid groups (broad SMARTS) is 1. The number of hydrogen-bond acceptors (Lipinski definition) is 4. The average Bonchev–Trinajstić information content (AvgIpc) is 2.35. The molecule has 110 valence electrons. The van der Waals surface area contributed by atoms with Crippen molar-refractivity contribution in [2.24, 2.45) is 0 Å². The lowest BCUT2D eigenvalue weighted by atomic mass is 10.1. The van der Waals surface area contributed by atoms with Crippen LogP contribution in [0.4, 0.5) is 13.6 Å². The summed E-state index contributed by atoms with van der Waals surface area (Å²) < 4.78 is 37.6. The molecule has 6 nitrogen and oxygen atoms in total. The maximum absolute atomic E-state index is 13.4. The Morgan fingerprint density at radius 1 is 1.33 bits per heavy atom. The molecule has 1 saturated heterocycles. The fourth-order valence-corrected chi connectivity index (χ4v) is 2.17. The summed E-state index contributed by atoms with van der Waals surface area (Å²) in [7, 11) is 0. The Hall–Kier alpha value is -2.48. The predicted molar refractivity (Wildman–Crippen MR) is 66.6 cm³/mol. The van der Waals surface area contributed by atoms with Gasteiger partial charge in [-0.25, -0.2) is 13.6 Å². The van der Waals surface area contributed by atoms with Gasteiger partial charge in [0.1, 0.15) is 0 Å². The number of hydrogen-bond donors (Lipinski definition) is 1. The molecule has 2 heterocycles. The first-order chi connectivity index (χ1) is 9.97. The van der Waals surface area contributed by atoms with Crippen LogP contribution in [0.25, 0.3) is 10.9 Å². The molecule has 1 aliphatic heterocycles. The molecule has 1 aromatic heterocycles. The van der Waals surface area contributed by atoms with Crippen molar-refractivity contribution >= 4 is 17.1 Å². The van der Waals surface area contributed by atoms with E-state index in [0.29, 0.717) is 13.2 Å². The summed E-state index contributed by atoms with van der Waals surface area (Å²) in [6.07, 6.45) is -0.492. The average molecular weight is 297 g/mol. The summed E-state index contributed by atoms with van der Waals surface area (Å²) in [5, 5.41) is 8.48. The molecule has 0 atom stereocenters. The van der Waals surface area contributed by atoms with Crippen molar-refractivity contribution in [3.63, 3.8) is 0 Å². The summed E-state index contributed by atoms with van der Waals surface area (Å²) in [6, 6.07) is 1.43. The maximum Gasteiger partial charge on any atom is 0.511 e. The second kappa shape index (κ2) is 4.81. The van der Waals surface area contributed by atoms with E-state index in [2.05, 4.69) is 4.74 Å². The number of aromatic nitrogens is 1. The molecule has 1 N–H and O–H groups in total. The molecule has 0 spiro atoms. The lowest BCUT2D eigenvalue weighted by Crippen LogP contribution is -2.32. The zero-order chi connectivity index (χ0) is 15.1. The third-order valence-corrected chi connectivity index (χ3v) is 3.25. The van der Waals surface area contributed by atoms with Crippen LogP contribution < -0.4 is 10.2 Å². The number of pyridine rings is 1. The van der Waals surface area contributed by atoms with E-state index in [-0.39, 0.29) is 16.9 Å². The van der Waals surface area contributed by atoms with E-state index >= 15 is 0 Å². The minimum Gasteiger partial charge on any atom is -0.449 e. The molecule has 0 amide bonds. The summed E-state index contributed by atoms with van der Waals surface area (Å²) in [5.74, 6) is -2.75. The highest BCUT2D eigenvalue weighted by molar-refractivity contribution is 5.81. The van der Waals surface area contributed by atoms with Crippen molar-refractivity contribution in [3.8, 4) is 5.75 Å². The largest absolute Gasteiger partial charge is 0.511 e. The van der Waals surface area contributed by atoms with Crippen LogP contribution in [0.1, 0.15) is 6.04 Å². The van der Waals surface area contributed by atoms with E-state index in [1.807, 2.05) is 0 Å². The third kappa shape index (κ3) is 2.23. The van der Waals surface area contributed by atoms with E-state index in [4.69, 9.17) is 9.84 Å². The van der Waals surface area contributed by atoms with Crippen molar-refractivity contribution < 1.29 is 28.2 Å². The Morgan fingerprint density at radius 2 is 2.00 bits per heavy atom. The molecule has 0 unspecified atom stereocenters. The molecule has 21 heavy (non-hydrogen) atoms. The van der Waals surface area contributed by atoms with Crippen LogP contribution in [0.2, 0.25) is 0 Å². The highest BCUT2D eigenvalue weighted by Gasteiger charge is 2.24. The van der Waals surface area contributed by atoms with Gasteiger partial charge in [0.15, 0.2) is 17.4 Å². The molecule has 2 aromatic rings. The third-order valence-electron chi connectivity index (χ3n) is 3.25. The molecular formula is C13H9F2NO5. The minimum absolute atomic E-state index is 0.153. The van der Waals surface area contributed by atoms with Gasteiger partial charge in [0, 0.05) is 6.07 Å². The van der Waals surface area contributed by atoms with Crippen LogP contribution in [0.5, 0.6) is 5.75 Å². The molecule has 8 heteroatoms. The standard InChI is InChI=1S/C13H9F2NO5/c14-8-1-7-10(2-9(8)15)16(6-4-20-5-6)3-11(12(7)17)21-13(18)19/h1-3,6H,4-5H2,(H,18,19). The minimum atomic E-state index is -1.66. The topological polar surface area (TPSA) is 77.8 Å². The van der Waals surface area contributed by atoms with E-state index < -0.39 is 29.0 Å². The number of halogens is 2. The summed E-state index contributed by atoms with van der Waals surface area (Å²) >= 11 is 0. The van der Waals surface area contributed by atoms with Crippen molar-refractivity contribution in [1.29, 1.82) is 0 Å². The van der Waals surface area contributed by atoms with Gasteiger partial charge < -0.3 is 19.1 Å². The molecule has 0 bridgehead atoms. The Balaban J connectivity index is 2.31. The van der Waals surface area contributed by atoms with Gasteiger partial charge in [-0.2, -0.15) is 0 Å². The molecule has 1 aromatic carbocycles. The first-order valence-corrected chi connectivity index (χ1v) is 6.00. The summed E-state index contributed by atoms with van der Waals surface area (Å²) in [4.78, 5) is 22.7. The Morgan fingerprint density at radius 3 is 2.57 bits per heavy atom. The first-order valence-electron chi connectivity index (χ1n) is 6.00. The molecule has 0 radical (unpaired) electrons. The monoisotopic (exact) mass is 297 g/mol. The van der Waals surface area contributed by atoms with Crippen LogP contribution in [0.3, 0.4) is 0 Å². The van der Waals surface area contributed by atoms with Gasteiger partial charge in [-0.1, -0.05) is 0 Å². The number of rotatable bonds is 2. The SMILES string of the molecule is O=C(O)Oc1cn(C2COC2)c2cc(F)c(F)cc2c1=O. The van der Waals surface area contributed by atoms with E-state index in [9.17, 15) is 18.4 Å². The predicted octanol–water partition coefficient (Wildman–Crippen LogP) is 1.91. The molecular weight excluding hydrogens is 288 g/mol. The highest BCUT2D eigenvalue weighted by Crippen LogP contribution is 2.26. The van der Waals surface area contributed by atoms with Crippen molar-refractivity contribution in [3.05, 3.63) is 40.2 Å². The Labute approximate surface area is 116 Å². The molecule has 0 aliphatic carbocycles. The normalized spacial score (nSPS) is 15.0. The van der Waals surface area contributed by atoms with E-state index in [1.165, 1.54) is 10.8 Å². The summed E-state index contributed by atoms with van der Waals surface area (Å²) in [6.45, 7) is 0.646. The second-order valence-electron chi connectivity index (χ2n) is 4.57. The van der Waals surface area contributed by atoms with Crippen LogP contribution in [0, 0.1) is 11.6 Å². The number of nitrogens with zero attached hydrogens (tertiary/aromatic N) is 1. The van der Waals surface area contributed by atoms with Crippen LogP contribution >= 0.6 is 0 Å². The number of fused-ring (bicyclic) bond motifs is 1. The van der Waals surface area contributed by atoms with Gasteiger partial charge in [0.05, 0.1) is 36.4 Å². The Kier molecular flexibility index (Phi) is 3.09. The van der Waals surface area contributed by atoms with Crippen LogP contribution in [-0.2, 0) is 4.74 Å². The number of carbonyl (C=O) groups is 1. The van der Waals surface area contributed by atoms with Gasteiger partial charge in [0.2, 0.25) is 5.43 Å². The van der Waals surface area contributed by atoms with Gasteiger partial charge >= 0.3 is 6.16 Å². The fourth-order valence-electron chi connectivity index (χ4n) is 2.17. The van der Waals surface area contributed by atoms with Gasteiger partial charge in [-0.05, 0) is 6.07 Å². The zero-order valence-electron chi connectivity index (χ0n) is 10.5. The molecule has 1 aliphatic rings. The molecule has 0 saturated carbocycles. The van der Waals surface area contributed by atoms with Gasteiger partial charge in [-0.15, -0.1) is 0 Å². The quantitative estimate of drug-likeness (QED) is 0.857. The van der Waals surface area contributed by atoms with Gasteiger partial charge in [-0.3, -0.25) is 4.79 Å². The molecule has 1 fully saturated rings. The fraction of sp³-hybridized carbons (Fsp3) is 0.231. The number of benzene rings is 1. The van der Waals surface area contributed by atoms with Crippen molar-refractivity contribution in [2.75, 3.05) is 13.2 Å². The van der Waals surface area contributed by atoms with E-state index in [0.717, 1.165) is 12.1 Å². The lowest BCUT2D eigenvalue weighted by molar-refractivity contribution is -0.0218. The van der Waals surface area contributed by atoms with Gasteiger partial charge in [0.25, 0.3) is 0 Å². The zero-order valence-corrected chi connectivity index (χ0v) is 10.5. The van der Waals surface area contributed by atoms with Crippen LogP contribution in [-0.4, -0.2) is 29.0 Å².